The Bertz CT molecular complexity index is 1870. The molecule has 46 heavy (non-hydrogen) atoms. The number of rotatable bonds is 9. The van der Waals surface area contributed by atoms with Gasteiger partial charge in [-0.05, 0) is 86.9 Å². The number of aliphatic hydroxyl groups is 1. The molecule has 2 aromatic carbocycles. The maximum absolute atomic E-state index is 14.3. The molecule has 240 valence electrons. The Balaban J connectivity index is 1.15. The first-order valence-electron chi connectivity index (χ1n) is 15.4. The molecule has 3 heterocycles. The first-order valence-corrected chi connectivity index (χ1v) is 15.4. The quantitative estimate of drug-likeness (QED) is 0.214. The summed E-state index contributed by atoms with van der Waals surface area (Å²) < 4.78 is 70.2. The van der Waals surface area contributed by atoms with E-state index in [-0.39, 0.29) is 46.8 Å². The number of hydrogen-bond donors (Lipinski definition) is 3. The lowest BCUT2D eigenvalue weighted by atomic mass is 9.86. The smallest absolute Gasteiger partial charge is 0.414 e. The van der Waals surface area contributed by atoms with Crippen LogP contribution in [0.15, 0.2) is 48.7 Å². The predicted octanol–water partition coefficient (Wildman–Crippen LogP) is 5.25. The summed E-state index contributed by atoms with van der Waals surface area (Å²) >= 11 is 0. The molecular weight excluding hydrogens is 606 g/mol. The van der Waals surface area contributed by atoms with Crippen LogP contribution in [0.4, 0.5) is 17.6 Å². The number of alkyl halides is 3. The summed E-state index contributed by atoms with van der Waals surface area (Å²) in [5.41, 5.74) is 2.04. The van der Waals surface area contributed by atoms with Crippen LogP contribution in [0.2, 0.25) is 0 Å². The van der Waals surface area contributed by atoms with Crippen molar-refractivity contribution in [2.75, 3.05) is 13.2 Å². The van der Waals surface area contributed by atoms with Gasteiger partial charge in [0.1, 0.15) is 35.0 Å². The zero-order valence-electron chi connectivity index (χ0n) is 24.6. The third-order valence-corrected chi connectivity index (χ3v) is 9.33. The molecule has 3 saturated carbocycles. The Morgan fingerprint density at radius 1 is 1.11 bits per heavy atom. The van der Waals surface area contributed by atoms with Gasteiger partial charge in [0.2, 0.25) is 0 Å². The minimum absolute atomic E-state index is 0.00512. The van der Waals surface area contributed by atoms with Crippen LogP contribution in [0, 0.1) is 11.7 Å². The SMILES string of the molecule is N[C@@]1(C(F)(F)F)COc2c1cc([C@@](O)(CNC(=O)c1cc(OC3CC3)c3nn(C4CC4)cc3c1)C1CC1)nc2-c1ccc(F)cc1. The van der Waals surface area contributed by atoms with E-state index in [1.165, 1.54) is 12.1 Å². The number of nitrogens with zero attached hydrogens (tertiary/aromatic N) is 3. The summed E-state index contributed by atoms with van der Waals surface area (Å²) in [7, 11) is 0. The minimum atomic E-state index is -4.88. The highest BCUT2D eigenvalue weighted by Crippen LogP contribution is 2.52. The van der Waals surface area contributed by atoms with Crippen molar-refractivity contribution in [2.45, 2.75) is 68.0 Å². The molecule has 9 nitrogen and oxygen atoms in total. The van der Waals surface area contributed by atoms with Crippen molar-refractivity contribution in [3.8, 4) is 22.8 Å². The number of benzene rings is 2. The highest BCUT2D eigenvalue weighted by atomic mass is 19.4. The van der Waals surface area contributed by atoms with Gasteiger partial charge in [-0.1, -0.05) is 0 Å². The molecule has 4 aromatic rings. The Morgan fingerprint density at radius 3 is 2.50 bits per heavy atom. The van der Waals surface area contributed by atoms with E-state index in [1.807, 2.05) is 10.9 Å². The van der Waals surface area contributed by atoms with Crippen LogP contribution < -0.4 is 20.5 Å². The second-order valence-electron chi connectivity index (χ2n) is 12.9. The van der Waals surface area contributed by atoms with Crippen molar-refractivity contribution < 1.29 is 36.9 Å². The van der Waals surface area contributed by atoms with E-state index in [9.17, 15) is 27.5 Å². The normalized spacial score (nSPS) is 22.3. The van der Waals surface area contributed by atoms with Crippen LogP contribution in [-0.2, 0) is 11.1 Å². The number of carbonyl (C=O) groups excluding carboxylic acids is 1. The number of ether oxygens (including phenoxy) is 2. The van der Waals surface area contributed by atoms with Crippen LogP contribution in [0.25, 0.3) is 22.2 Å². The Labute approximate surface area is 260 Å². The second kappa shape index (κ2) is 10.1. The van der Waals surface area contributed by atoms with Crippen LogP contribution >= 0.6 is 0 Å². The molecule has 0 unspecified atom stereocenters. The predicted molar refractivity (Wildman–Crippen MR) is 158 cm³/mol. The molecule has 4 N–H and O–H groups in total. The second-order valence-corrected chi connectivity index (χ2v) is 12.9. The Morgan fingerprint density at radius 2 is 1.85 bits per heavy atom. The van der Waals surface area contributed by atoms with Crippen LogP contribution in [0.3, 0.4) is 0 Å². The summed E-state index contributed by atoms with van der Waals surface area (Å²) in [5.74, 6) is -1.08. The molecule has 0 bridgehead atoms. The first kappa shape index (κ1) is 29.2. The number of halogens is 4. The van der Waals surface area contributed by atoms with Crippen LogP contribution in [0.1, 0.15) is 66.2 Å². The minimum Gasteiger partial charge on any atom is -0.488 e. The van der Waals surface area contributed by atoms with Crippen LogP contribution in [-0.4, -0.2) is 51.2 Å². The molecule has 13 heteroatoms. The molecular formula is C33H31F4N5O4. The van der Waals surface area contributed by atoms with Gasteiger partial charge >= 0.3 is 6.18 Å². The van der Waals surface area contributed by atoms with Crippen molar-refractivity contribution in [3.63, 3.8) is 0 Å². The maximum Gasteiger partial charge on any atom is 0.414 e. The van der Waals surface area contributed by atoms with E-state index in [0.29, 0.717) is 35.7 Å². The molecule has 0 spiro atoms. The summed E-state index contributed by atoms with van der Waals surface area (Å²) in [4.78, 5) is 18.2. The molecule has 1 amide bonds. The molecule has 3 aliphatic carbocycles. The lowest BCUT2D eigenvalue weighted by Gasteiger charge is -2.31. The Kier molecular flexibility index (Phi) is 6.43. The summed E-state index contributed by atoms with van der Waals surface area (Å²) in [6, 6.07) is 9.88. The number of nitrogens with one attached hydrogen (secondary N) is 1. The zero-order valence-corrected chi connectivity index (χ0v) is 24.6. The van der Waals surface area contributed by atoms with E-state index in [4.69, 9.17) is 20.3 Å². The summed E-state index contributed by atoms with van der Waals surface area (Å²) in [5, 5.41) is 20.4. The van der Waals surface area contributed by atoms with Gasteiger partial charge in [0, 0.05) is 28.3 Å². The number of hydrogen-bond acceptors (Lipinski definition) is 7. The molecule has 0 radical (unpaired) electrons. The van der Waals surface area contributed by atoms with Crippen molar-refractivity contribution in [3.05, 3.63) is 71.3 Å². The van der Waals surface area contributed by atoms with Crippen molar-refractivity contribution in [2.24, 2.45) is 11.7 Å². The number of pyridine rings is 1. The fourth-order valence-corrected chi connectivity index (χ4v) is 6.09. The van der Waals surface area contributed by atoms with E-state index in [1.54, 1.807) is 12.1 Å². The van der Waals surface area contributed by atoms with Crippen molar-refractivity contribution in [1.82, 2.24) is 20.1 Å². The topological polar surface area (TPSA) is 125 Å². The largest absolute Gasteiger partial charge is 0.488 e. The monoisotopic (exact) mass is 637 g/mol. The van der Waals surface area contributed by atoms with Gasteiger partial charge in [-0.3, -0.25) is 9.48 Å². The Hall–Kier alpha value is -4.23. The molecule has 8 rings (SSSR count). The first-order chi connectivity index (χ1) is 21.9. The standard InChI is InChI=1S/C33H31F4N5O4/c34-21-5-1-17(2-6-21)28-29-24(32(38,16-45-29)33(35,36)37)13-26(40-28)31(44,20-3-4-20)15-39-30(43)18-11-19-14-42(22-7-8-22)41-27(19)25(12-18)46-23-9-10-23/h1-2,5-6,11-14,20,22-23,44H,3-4,7-10,15-16,38H2,(H,39,43)/t31-,32+/m1/s1. The number of amides is 1. The van der Waals surface area contributed by atoms with Gasteiger partial charge in [-0.25, -0.2) is 9.37 Å². The van der Waals surface area contributed by atoms with E-state index in [2.05, 4.69) is 10.3 Å². The van der Waals surface area contributed by atoms with E-state index in [0.717, 1.165) is 49.3 Å². The average Bonchev–Trinajstić information content (AvgIpc) is 3.91. The summed E-state index contributed by atoms with van der Waals surface area (Å²) in [6.45, 7) is -1.21. The lowest BCUT2D eigenvalue weighted by molar-refractivity contribution is -0.191. The number of nitrogens with two attached hydrogens (primary N) is 1. The lowest BCUT2D eigenvalue weighted by Crippen LogP contribution is -2.52. The fraction of sp³-hybridized carbons (Fsp3) is 0.424. The molecule has 2 aromatic heterocycles. The highest BCUT2D eigenvalue weighted by molar-refractivity contribution is 6.00. The summed E-state index contributed by atoms with van der Waals surface area (Å²) in [6.07, 6.45) is 2.17. The van der Waals surface area contributed by atoms with E-state index < -0.39 is 35.6 Å². The third-order valence-electron chi connectivity index (χ3n) is 9.33. The van der Waals surface area contributed by atoms with Gasteiger partial charge < -0.3 is 25.6 Å². The molecule has 4 aliphatic rings. The van der Waals surface area contributed by atoms with E-state index >= 15 is 0 Å². The van der Waals surface area contributed by atoms with Gasteiger partial charge in [-0.15, -0.1) is 0 Å². The molecule has 0 saturated heterocycles. The number of aromatic nitrogens is 3. The van der Waals surface area contributed by atoms with Crippen molar-refractivity contribution in [1.29, 1.82) is 0 Å². The van der Waals surface area contributed by atoms with Gasteiger partial charge in [0.25, 0.3) is 5.91 Å². The number of carbonyl (C=O) groups is 1. The van der Waals surface area contributed by atoms with Gasteiger partial charge in [0.05, 0.1) is 24.4 Å². The fourth-order valence-electron chi connectivity index (χ4n) is 6.09. The zero-order chi connectivity index (χ0) is 32.0. The molecule has 3 fully saturated rings. The highest BCUT2D eigenvalue weighted by Gasteiger charge is 2.59. The molecule has 2 atom stereocenters. The molecule has 1 aliphatic heterocycles. The maximum atomic E-state index is 14.3. The number of fused-ring (bicyclic) bond motifs is 2. The van der Waals surface area contributed by atoms with Crippen molar-refractivity contribution >= 4 is 16.8 Å². The average molecular weight is 638 g/mol. The third kappa shape index (κ3) is 4.96. The van der Waals surface area contributed by atoms with Gasteiger partial charge in [0.15, 0.2) is 11.3 Å². The van der Waals surface area contributed by atoms with Crippen LogP contribution in [0.5, 0.6) is 11.5 Å². The van der Waals surface area contributed by atoms with Gasteiger partial charge in [-0.2, -0.15) is 18.3 Å².